The number of ether oxygens (including phenoxy) is 1. The van der Waals surface area contributed by atoms with Crippen LogP contribution in [0.3, 0.4) is 0 Å². The molecule has 178 valence electrons. The summed E-state index contributed by atoms with van der Waals surface area (Å²) in [5.74, 6) is 1.71. The number of amides is 1. The largest absolute Gasteiger partial charge is 0.494 e. The van der Waals surface area contributed by atoms with Crippen LogP contribution in [0.5, 0.6) is 5.75 Å². The topological polar surface area (TPSA) is 76.4 Å². The van der Waals surface area contributed by atoms with Crippen LogP contribution in [-0.4, -0.2) is 63.3 Å². The molecule has 1 aliphatic heterocycles. The third kappa shape index (κ3) is 4.87. The predicted molar refractivity (Wildman–Crippen MR) is 135 cm³/mol. The van der Waals surface area contributed by atoms with E-state index in [1.165, 1.54) is 0 Å². The van der Waals surface area contributed by atoms with Crippen LogP contribution in [0.2, 0.25) is 0 Å². The van der Waals surface area contributed by atoms with Gasteiger partial charge >= 0.3 is 0 Å². The number of carbonyl (C=O) groups is 1. The number of aryl methyl sites for hydroxylation is 1. The maximum atomic E-state index is 13.2. The number of anilines is 1. The third-order valence-electron chi connectivity index (χ3n) is 6.17. The molecule has 5 rings (SSSR count). The van der Waals surface area contributed by atoms with Gasteiger partial charge in [0.2, 0.25) is 0 Å². The summed E-state index contributed by atoms with van der Waals surface area (Å²) < 4.78 is 7.20. The number of nitrogens with zero attached hydrogens (tertiary/aromatic N) is 6. The van der Waals surface area contributed by atoms with Crippen LogP contribution in [0.4, 0.5) is 5.82 Å². The summed E-state index contributed by atoms with van der Waals surface area (Å²) in [6, 6.07) is 21.7. The zero-order valence-electron chi connectivity index (χ0n) is 20.0. The highest BCUT2D eigenvalue weighted by atomic mass is 16.5. The standard InChI is InChI=1S/C27H28N6O2/c1-3-35-22-11-9-21(10-12-22)23-18-26(29-19-28-23)32-13-15-33(16-14-32)27(34)25-17-24(30-31(25)2)20-7-5-4-6-8-20/h4-12,17-19H,3,13-16H2,1-2H3. The van der Waals surface area contributed by atoms with Gasteiger partial charge in [0.25, 0.3) is 5.91 Å². The monoisotopic (exact) mass is 468 g/mol. The molecular weight excluding hydrogens is 440 g/mol. The molecule has 1 saturated heterocycles. The molecule has 1 amide bonds. The van der Waals surface area contributed by atoms with Crippen molar-refractivity contribution >= 4 is 11.7 Å². The van der Waals surface area contributed by atoms with Gasteiger partial charge in [0, 0.05) is 50.4 Å². The van der Waals surface area contributed by atoms with Crippen molar-refractivity contribution in [2.75, 3.05) is 37.7 Å². The Morgan fingerprint density at radius 1 is 0.886 bits per heavy atom. The first kappa shape index (κ1) is 22.6. The van der Waals surface area contributed by atoms with E-state index in [2.05, 4.69) is 20.0 Å². The Kier molecular flexibility index (Phi) is 6.43. The average molecular weight is 469 g/mol. The molecule has 0 N–H and O–H groups in total. The van der Waals surface area contributed by atoms with Crippen LogP contribution in [-0.2, 0) is 7.05 Å². The summed E-state index contributed by atoms with van der Waals surface area (Å²) in [6.07, 6.45) is 1.60. The second kappa shape index (κ2) is 9.97. The Morgan fingerprint density at radius 3 is 2.31 bits per heavy atom. The Labute approximate surface area is 204 Å². The molecule has 35 heavy (non-hydrogen) atoms. The molecule has 8 nitrogen and oxygen atoms in total. The molecule has 1 aliphatic rings. The number of benzene rings is 2. The average Bonchev–Trinajstić information content (AvgIpc) is 3.31. The van der Waals surface area contributed by atoms with E-state index in [0.717, 1.165) is 34.1 Å². The summed E-state index contributed by atoms with van der Waals surface area (Å²) in [4.78, 5) is 26.2. The summed E-state index contributed by atoms with van der Waals surface area (Å²) >= 11 is 0. The van der Waals surface area contributed by atoms with Crippen LogP contribution in [0, 0.1) is 0 Å². The lowest BCUT2D eigenvalue weighted by atomic mass is 10.1. The van der Waals surface area contributed by atoms with E-state index in [4.69, 9.17) is 4.74 Å². The smallest absolute Gasteiger partial charge is 0.272 e. The van der Waals surface area contributed by atoms with Gasteiger partial charge in [-0.2, -0.15) is 5.10 Å². The summed E-state index contributed by atoms with van der Waals surface area (Å²) in [5, 5.41) is 4.55. The maximum Gasteiger partial charge on any atom is 0.272 e. The maximum absolute atomic E-state index is 13.2. The van der Waals surface area contributed by atoms with Crippen molar-refractivity contribution in [2.45, 2.75) is 6.92 Å². The van der Waals surface area contributed by atoms with Crippen LogP contribution in [0.1, 0.15) is 17.4 Å². The highest BCUT2D eigenvalue weighted by molar-refractivity contribution is 5.94. The van der Waals surface area contributed by atoms with Crippen molar-refractivity contribution in [3.8, 4) is 28.3 Å². The lowest BCUT2D eigenvalue weighted by molar-refractivity contribution is 0.0735. The van der Waals surface area contributed by atoms with E-state index in [0.29, 0.717) is 38.5 Å². The lowest BCUT2D eigenvalue weighted by Gasteiger charge is -2.35. The van der Waals surface area contributed by atoms with E-state index in [1.807, 2.05) is 85.6 Å². The second-order valence-electron chi connectivity index (χ2n) is 8.40. The molecule has 3 heterocycles. The minimum absolute atomic E-state index is 0.000374. The normalized spacial score (nSPS) is 13.7. The van der Waals surface area contributed by atoms with E-state index in [9.17, 15) is 4.79 Å². The molecule has 2 aromatic heterocycles. The van der Waals surface area contributed by atoms with Gasteiger partial charge in [-0.25, -0.2) is 9.97 Å². The van der Waals surface area contributed by atoms with Gasteiger partial charge < -0.3 is 14.5 Å². The second-order valence-corrected chi connectivity index (χ2v) is 8.40. The molecule has 1 fully saturated rings. The van der Waals surface area contributed by atoms with Crippen molar-refractivity contribution in [3.63, 3.8) is 0 Å². The number of hydrogen-bond acceptors (Lipinski definition) is 6. The molecule has 0 unspecified atom stereocenters. The Morgan fingerprint density at radius 2 is 1.60 bits per heavy atom. The predicted octanol–water partition coefficient (Wildman–Crippen LogP) is 3.91. The Bertz CT molecular complexity index is 1300. The number of rotatable bonds is 6. The van der Waals surface area contributed by atoms with Gasteiger partial charge in [0.05, 0.1) is 18.0 Å². The van der Waals surface area contributed by atoms with E-state index >= 15 is 0 Å². The number of piperazine rings is 1. The Balaban J connectivity index is 1.25. The molecule has 2 aromatic carbocycles. The van der Waals surface area contributed by atoms with Crippen LogP contribution >= 0.6 is 0 Å². The number of carbonyl (C=O) groups excluding carboxylic acids is 1. The van der Waals surface area contributed by atoms with Gasteiger partial charge in [0.1, 0.15) is 23.6 Å². The van der Waals surface area contributed by atoms with Gasteiger partial charge in [-0.1, -0.05) is 30.3 Å². The Hall–Kier alpha value is -4.20. The van der Waals surface area contributed by atoms with Crippen molar-refractivity contribution < 1.29 is 9.53 Å². The highest BCUT2D eigenvalue weighted by Gasteiger charge is 2.25. The molecule has 0 radical (unpaired) electrons. The third-order valence-corrected chi connectivity index (χ3v) is 6.17. The molecule has 0 spiro atoms. The zero-order chi connectivity index (χ0) is 24.2. The molecule has 0 aliphatic carbocycles. The van der Waals surface area contributed by atoms with Crippen LogP contribution < -0.4 is 9.64 Å². The minimum Gasteiger partial charge on any atom is -0.494 e. The van der Waals surface area contributed by atoms with Crippen LogP contribution in [0.25, 0.3) is 22.5 Å². The fourth-order valence-electron chi connectivity index (χ4n) is 4.28. The SMILES string of the molecule is CCOc1ccc(-c2cc(N3CCN(C(=O)c4cc(-c5ccccc5)nn4C)CC3)ncn2)cc1. The van der Waals surface area contributed by atoms with E-state index in [-0.39, 0.29) is 5.91 Å². The fourth-order valence-corrected chi connectivity index (χ4v) is 4.28. The molecular formula is C27H28N6O2. The summed E-state index contributed by atoms with van der Waals surface area (Å²) in [7, 11) is 1.82. The van der Waals surface area contributed by atoms with Crippen molar-refractivity contribution in [1.82, 2.24) is 24.6 Å². The fraction of sp³-hybridized carbons (Fsp3) is 0.259. The first-order valence-corrected chi connectivity index (χ1v) is 11.8. The van der Waals surface area contributed by atoms with Crippen molar-refractivity contribution in [1.29, 1.82) is 0 Å². The van der Waals surface area contributed by atoms with Crippen LogP contribution in [0.15, 0.2) is 73.1 Å². The number of aromatic nitrogens is 4. The molecule has 0 bridgehead atoms. The zero-order valence-corrected chi connectivity index (χ0v) is 20.0. The lowest BCUT2D eigenvalue weighted by Crippen LogP contribution is -2.49. The van der Waals surface area contributed by atoms with Crippen molar-refractivity contribution in [3.05, 3.63) is 78.8 Å². The van der Waals surface area contributed by atoms with Gasteiger partial charge in [-0.3, -0.25) is 9.48 Å². The summed E-state index contributed by atoms with van der Waals surface area (Å²) in [6.45, 7) is 5.25. The highest BCUT2D eigenvalue weighted by Crippen LogP contribution is 2.25. The number of hydrogen-bond donors (Lipinski definition) is 0. The first-order chi connectivity index (χ1) is 17.1. The first-order valence-electron chi connectivity index (χ1n) is 11.8. The molecule has 0 atom stereocenters. The van der Waals surface area contributed by atoms with Gasteiger partial charge in [-0.15, -0.1) is 0 Å². The summed E-state index contributed by atoms with van der Waals surface area (Å²) in [5.41, 5.74) is 4.27. The molecule has 4 aromatic rings. The van der Waals surface area contributed by atoms with Gasteiger partial charge in [0.15, 0.2) is 0 Å². The minimum atomic E-state index is -0.000374. The van der Waals surface area contributed by atoms with Crippen molar-refractivity contribution in [2.24, 2.45) is 7.05 Å². The van der Waals surface area contributed by atoms with E-state index in [1.54, 1.807) is 11.0 Å². The molecule has 0 saturated carbocycles. The van der Waals surface area contributed by atoms with Gasteiger partial charge in [-0.05, 0) is 37.3 Å². The quantitative estimate of drug-likeness (QED) is 0.427. The van der Waals surface area contributed by atoms with E-state index < -0.39 is 0 Å². The molecule has 8 heteroatoms.